The molecule has 12 heteroatoms. The third-order valence-corrected chi connectivity index (χ3v) is 7.00. The number of fused-ring (bicyclic) bond motifs is 5. The smallest absolute Gasteiger partial charge is 0.340 e. The highest BCUT2D eigenvalue weighted by Gasteiger charge is 2.34. The molecule has 1 atom stereocenters. The first-order valence-corrected chi connectivity index (χ1v) is 12.0. The van der Waals surface area contributed by atoms with Crippen LogP contribution in [0.3, 0.4) is 0 Å². The molecule has 0 saturated heterocycles. The van der Waals surface area contributed by atoms with Crippen molar-refractivity contribution in [1.82, 2.24) is 19.9 Å². The van der Waals surface area contributed by atoms with Crippen LogP contribution in [0.4, 0.5) is 0 Å². The second-order valence-electron chi connectivity index (χ2n) is 9.55. The van der Waals surface area contributed by atoms with Gasteiger partial charge in [-0.3, -0.25) is 9.59 Å². The molecule has 2 aliphatic rings. The Bertz CT molecular complexity index is 1590. The van der Waals surface area contributed by atoms with Gasteiger partial charge in [0.1, 0.15) is 13.2 Å². The van der Waals surface area contributed by atoms with Crippen LogP contribution in [0.25, 0.3) is 22.3 Å². The van der Waals surface area contributed by atoms with Crippen LogP contribution in [0.5, 0.6) is 0 Å². The van der Waals surface area contributed by atoms with E-state index in [4.69, 9.17) is 26.4 Å². The number of esters is 1. The first-order valence-electron chi connectivity index (χ1n) is 12.0. The minimum atomic E-state index is -1.54. The van der Waals surface area contributed by atoms with Gasteiger partial charge in [-0.25, -0.2) is 15.6 Å². The van der Waals surface area contributed by atoms with Gasteiger partial charge in [-0.2, -0.15) is 0 Å². The van der Waals surface area contributed by atoms with Crippen LogP contribution < -0.4 is 22.5 Å². The van der Waals surface area contributed by atoms with Crippen LogP contribution in [-0.4, -0.2) is 49.8 Å². The Labute approximate surface area is 217 Å². The first-order chi connectivity index (χ1) is 18.1. The number of amides is 1. The van der Waals surface area contributed by atoms with Crippen molar-refractivity contribution in [3.63, 3.8) is 0 Å². The molecule has 5 rings (SSSR count). The fourth-order valence-electron chi connectivity index (χ4n) is 4.89. The number of aromatic nitrogens is 2. The second kappa shape index (κ2) is 9.56. The molecule has 1 amide bonds. The Morgan fingerprint density at radius 1 is 1.26 bits per heavy atom. The quantitative estimate of drug-likeness (QED) is 0.129. The number of nitrogens with one attached hydrogen (secondary N) is 1. The lowest BCUT2D eigenvalue weighted by Gasteiger charge is -2.21. The Balaban J connectivity index is 1.62. The van der Waals surface area contributed by atoms with E-state index in [0.717, 1.165) is 27.6 Å². The normalized spacial score (nSPS) is 16.1. The predicted molar refractivity (Wildman–Crippen MR) is 137 cm³/mol. The molecule has 0 saturated carbocycles. The van der Waals surface area contributed by atoms with E-state index in [1.165, 1.54) is 11.2 Å². The number of benzene rings is 1. The van der Waals surface area contributed by atoms with Gasteiger partial charge in [0, 0.05) is 28.4 Å². The van der Waals surface area contributed by atoms with Gasteiger partial charge in [0.15, 0.2) is 6.10 Å². The lowest BCUT2D eigenvalue weighted by atomic mass is 9.96. The fourth-order valence-corrected chi connectivity index (χ4v) is 4.89. The molecule has 1 unspecified atom stereocenters. The maximum atomic E-state index is 13.4. The lowest BCUT2D eigenvalue weighted by molar-refractivity contribution is -0.157. The number of rotatable bonds is 6. The average molecular weight is 521 g/mol. The molecule has 12 nitrogen and oxygen atoms in total. The van der Waals surface area contributed by atoms with Crippen molar-refractivity contribution in [3.8, 4) is 11.4 Å². The van der Waals surface area contributed by atoms with Crippen molar-refractivity contribution < 1.29 is 24.5 Å². The molecule has 4 heterocycles. The maximum Gasteiger partial charge on any atom is 0.340 e. The zero-order valence-corrected chi connectivity index (χ0v) is 20.9. The van der Waals surface area contributed by atoms with Crippen molar-refractivity contribution in [2.75, 3.05) is 13.2 Å². The van der Waals surface area contributed by atoms with E-state index in [0.29, 0.717) is 16.9 Å². The van der Waals surface area contributed by atoms with Crippen molar-refractivity contribution in [2.24, 2.45) is 11.6 Å². The highest BCUT2D eigenvalue weighted by atomic mass is 16.5. The highest BCUT2D eigenvalue weighted by Crippen LogP contribution is 2.38. The molecule has 0 fully saturated rings. The average Bonchev–Trinajstić information content (AvgIpc) is 3.25. The van der Waals surface area contributed by atoms with Gasteiger partial charge in [-0.15, -0.1) is 0 Å². The van der Waals surface area contributed by atoms with Gasteiger partial charge in [0.25, 0.3) is 5.56 Å². The molecule has 0 bridgehead atoms. The molecular formula is C26H28N6O6. The van der Waals surface area contributed by atoms with Crippen LogP contribution in [0.1, 0.15) is 39.5 Å². The number of hydrogen-bond donors (Lipinski definition) is 5. The lowest BCUT2D eigenvalue weighted by Crippen LogP contribution is -2.33. The zero-order valence-electron chi connectivity index (χ0n) is 20.9. The summed E-state index contributed by atoms with van der Waals surface area (Å²) in [7, 11) is 0. The van der Waals surface area contributed by atoms with E-state index in [1.54, 1.807) is 10.6 Å². The summed E-state index contributed by atoms with van der Waals surface area (Å²) in [6.07, 6.45) is -0.0471. The number of carbonyl (C=O) groups excluding carboxylic acids is 2. The molecule has 2 aliphatic heterocycles. The molecule has 7 N–H and O–H groups in total. The Kier molecular flexibility index (Phi) is 6.39. The summed E-state index contributed by atoms with van der Waals surface area (Å²) < 4.78 is 6.55. The molecule has 0 radical (unpaired) electrons. The van der Waals surface area contributed by atoms with Crippen molar-refractivity contribution in [2.45, 2.75) is 39.6 Å². The standard InChI is InChI=1S/C26H28N6O6/c1-12-3-15-17(8-31(28)7-14(27)6-29-22(34)10-33)18-9-32-21(23(18)30-20(15)4-13(12)2)5-16-19(25(32)36)11-38-26(37)24(16)35/h3-5,7,24,33,35H,6,8-11,27-28H2,1-2H3,(H,29,34)/b14-7-. The molecule has 1 aromatic carbocycles. The maximum absolute atomic E-state index is 13.4. The van der Waals surface area contributed by atoms with Crippen molar-refractivity contribution >= 4 is 22.8 Å². The molecule has 2 aromatic heterocycles. The number of aryl methyl sites for hydroxylation is 2. The van der Waals surface area contributed by atoms with Crippen LogP contribution in [-0.2, 0) is 34.0 Å². The number of ether oxygens (including phenoxy) is 1. The van der Waals surface area contributed by atoms with Crippen molar-refractivity contribution in [3.05, 3.63) is 73.8 Å². The Hall–Kier alpha value is -4.26. The molecule has 0 aliphatic carbocycles. The van der Waals surface area contributed by atoms with Gasteiger partial charge in [-0.05, 0) is 48.7 Å². The minimum Gasteiger partial charge on any atom is -0.458 e. The Morgan fingerprint density at radius 3 is 2.74 bits per heavy atom. The van der Waals surface area contributed by atoms with Crippen LogP contribution in [0.2, 0.25) is 0 Å². The van der Waals surface area contributed by atoms with Gasteiger partial charge in [-0.1, -0.05) is 0 Å². The second-order valence-corrected chi connectivity index (χ2v) is 9.55. The topological polar surface area (TPSA) is 186 Å². The van der Waals surface area contributed by atoms with Gasteiger partial charge >= 0.3 is 5.97 Å². The number of nitrogens with zero attached hydrogens (tertiary/aromatic N) is 3. The largest absolute Gasteiger partial charge is 0.458 e. The van der Waals surface area contributed by atoms with Crippen LogP contribution >= 0.6 is 0 Å². The number of hydrazine groups is 1. The molecule has 3 aromatic rings. The van der Waals surface area contributed by atoms with Gasteiger partial charge in [0.05, 0.1) is 42.1 Å². The number of aliphatic hydroxyl groups is 2. The monoisotopic (exact) mass is 520 g/mol. The molecule has 38 heavy (non-hydrogen) atoms. The van der Waals surface area contributed by atoms with Crippen LogP contribution in [0, 0.1) is 13.8 Å². The highest BCUT2D eigenvalue weighted by molar-refractivity contribution is 5.89. The van der Waals surface area contributed by atoms with Crippen LogP contribution in [0.15, 0.2) is 34.9 Å². The summed E-state index contributed by atoms with van der Waals surface area (Å²) in [5.74, 6) is 4.95. The summed E-state index contributed by atoms with van der Waals surface area (Å²) in [5.41, 5.74) is 11.9. The summed E-state index contributed by atoms with van der Waals surface area (Å²) in [4.78, 5) is 41.6. The number of nitrogens with two attached hydrogens (primary N) is 2. The van der Waals surface area contributed by atoms with Gasteiger partial charge < -0.3 is 35.6 Å². The van der Waals surface area contributed by atoms with Gasteiger partial charge in [0.2, 0.25) is 5.91 Å². The minimum absolute atomic E-state index is 0.0100. The number of pyridine rings is 2. The van der Waals surface area contributed by atoms with E-state index >= 15 is 0 Å². The summed E-state index contributed by atoms with van der Waals surface area (Å²) in [6.45, 7) is 3.59. The van der Waals surface area contributed by atoms with E-state index in [2.05, 4.69) is 5.32 Å². The van der Waals surface area contributed by atoms with Crippen molar-refractivity contribution in [1.29, 1.82) is 0 Å². The Morgan fingerprint density at radius 2 is 2.00 bits per heavy atom. The molecule has 0 spiro atoms. The number of hydrogen-bond acceptors (Lipinski definition) is 10. The van der Waals surface area contributed by atoms with E-state index in [-0.39, 0.29) is 48.6 Å². The van der Waals surface area contributed by atoms with E-state index < -0.39 is 24.6 Å². The first kappa shape index (κ1) is 25.4. The number of carbonyl (C=O) groups is 2. The van der Waals surface area contributed by atoms with E-state index in [9.17, 15) is 19.5 Å². The fraction of sp³-hybridized carbons (Fsp3) is 0.308. The summed E-state index contributed by atoms with van der Waals surface area (Å²) >= 11 is 0. The molecule has 198 valence electrons. The van der Waals surface area contributed by atoms with E-state index in [1.807, 2.05) is 26.0 Å². The number of cyclic esters (lactones) is 1. The zero-order chi connectivity index (χ0) is 27.3. The third-order valence-electron chi connectivity index (χ3n) is 7.00. The molecular weight excluding hydrogens is 492 g/mol. The SMILES string of the molecule is Cc1cc2nc3c(c(CN(N)/C=C(\N)CNC(=O)CO)c2cc1C)Cn1c-3cc2c(c1=O)COC(=O)C2O. The third kappa shape index (κ3) is 4.28. The summed E-state index contributed by atoms with van der Waals surface area (Å²) in [5, 5.41) is 24.0. The predicted octanol–water partition coefficient (Wildman–Crippen LogP) is -0.283. The number of aliphatic hydroxyl groups excluding tert-OH is 2. The summed E-state index contributed by atoms with van der Waals surface area (Å²) in [6, 6.07) is 5.64.